The number of hydrogen-bond acceptors (Lipinski definition) is 5. The van der Waals surface area contributed by atoms with Crippen LogP contribution in [0.1, 0.15) is 47.7 Å². The van der Waals surface area contributed by atoms with Crippen molar-refractivity contribution in [2.24, 2.45) is 0 Å². The number of rotatable bonds is 7. The van der Waals surface area contributed by atoms with Crippen molar-refractivity contribution in [1.82, 2.24) is 9.80 Å². The van der Waals surface area contributed by atoms with Gasteiger partial charge < -0.3 is 19.4 Å². The molecule has 0 spiro atoms. The van der Waals surface area contributed by atoms with Crippen LogP contribution in [0.2, 0.25) is 5.02 Å². The monoisotopic (exact) mass is 589 g/mol. The molecule has 0 aromatic heterocycles. The van der Waals surface area contributed by atoms with E-state index in [4.69, 9.17) is 16.3 Å². The molecule has 0 saturated carbocycles. The van der Waals surface area contributed by atoms with Gasteiger partial charge in [-0.05, 0) is 67.4 Å². The Morgan fingerprint density at radius 3 is 2.38 bits per heavy atom. The number of allylic oxidation sites excluding steroid dienone is 1. The fraction of sp³-hybridized carbons (Fsp3) is 0.303. The summed E-state index contributed by atoms with van der Waals surface area (Å²) >= 11 is 6.15. The van der Waals surface area contributed by atoms with Crippen molar-refractivity contribution >= 4 is 35.1 Å². The van der Waals surface area contributed by atoms with E-state index in [1.54, 1.807) is 36.9 Å². The van der Waals surface area contributed by atoms with Gasteiger partial charge in [-0.3, -0.25) is 9.59 Å². The topological polar surface area (TPSA) is 70.2 Å². The van der Waals surface area contributed by atoms with Crippen LogP contribution < -0.4 is 4.90 Å². The molecule has 7 nitrogen and oxygen atoms in total. The number of piperazine rings is 1. The van der Waals surface area contributed by atoms with Gasteiger partial charge in [0.05, 0.1) is 18.7 Å². The molecule has 2 aliphatic heterocycles. The van der Waals surface area contributed by atoms with Crippen LogP contribution in [0.3, 0.4) is 0 Å². The Balaban J connectivity index is 1.33. The largest absolute Gasteiger partial charge is 0.463 e. The summed E-state index contributed by atoms with van der Waals surface area (Å²) in [6.45, 7) is 6.41. The highest BCUT2D eigenvalue weighted by molar-refractivity contribution is 6.30. The second-order valence-corrected chi connectivity index (χ2v) is 10.9. The summed E-state index contributed by atoms with van der Waals surface area (Å²) < 4.78 is 18.9. The number of benzene rings is 3. The highest BCUT2D eigenvalue weighted by Crippen LogP contribution is 2.38. The molecule has 9 heteroatoms. The van der Waals surface area contributed by atoms with Gasteiger partial charge in [-0.15, -0.1) is 0 Å². The Labute approximate surface area is 250 Å². The first-order chi connectivity index (χ1) is 20.2. The smallest absolute Gasteiger partial charge is 0.336 e. The van der Waals surface area contributed by atoms with Crippen LogP contribution >= 0.6 is 11.6 Å². The molecule has 42 heavy (non-hydrogen) atoms. The van der Waals surface area contributed by atoms with Gasteiger partial charge in [0, 0.05) is 60.5 Å². The zero-order valence-corrected chi connectivity index (χ0v) is 24.4. The Kier molecular flexibility index (Phi) is 8.92. The number of hydrogen-bond donors (Lipinski definition) is 0. The number of carbonyl (C=O) groups is 3. The molecule has 1 fully saturated rings. The molecule has 3 aromatic carbocycles. The molecule has 0 N–H and O–H groups in total. The molecule has 2 aliphatic rings. The van der Waals surface area contributed by atoms with Gasteiger partial charge in [-0.1, -0.05) is 41.9 Å². The zero-order chi connectivity index (χ0) is 29.8. The molecule has 1 saturated heterocycles. The van der Waals surface area contributed by atoms with Crippen molar-refractivity contribution < 1.29 is 23.5 Å². The lowest BCUT2D eigenvalue weighted by Crippen LogP contribution is -2.48. The first-order valence-corrected chi connectivity index (χ1v) is 14.5. The van der Waals surface area contributed by atoms with E-state index in [1.807, 2.05) is 47.4 Å². The van der Waals surface area contributed by atoms with Crippen LogP contribution in [0.25, 0.3) is 0 Å². The van der Waals surface area contributed by atoms with E-state index >= 15 is 0 Å². The van der Waals surface area contributed by atoms with Crippen LogP contribution in [0.4, 0.5) is 10.1 Å². The van der Waals surface area contributed by atoms with E-state index in [1.165, 1.54) is 12.1 Å². The minimum absolute atomic E-state index is 0.0483. The third-order valence-electron chi connectivity index (χ3n) is 7.85. The molecule has 1 unspecified atom stereocenters. The van der Waals surface area contributed by atoms with Crippen LogP contribution in [-0.4, -0.2) is 60.4 Å². The first kappa shape index (κ1) is 29.3. The zero-order valence-electron chi connectivity index (χ0n) is 23.7. The first-order valence-electron chi connectivity index (χ1n) is 14.1. The summed E-state index contributed by atoms with van der Waals surface area (Å²) in [5.74, 6) is -1.65. The number of halogens is 2. The van der Waals surface area contributed by atoms with Gasteiger partial charge in [0.2, 0.25) is 5.91 Å². The predicted molar refractivity (Wildman–Crippen MR) is 160 cm³/mol. The molecule has 1 atom stereocenters. The lowest BCUT2D eigenvalue weighted by Gasteiger charge is -2.36. The Morgan fingerprint density at radius 1 is 0.976 bits per heavy atom. The molecule has 0 aliphatic carbocycles. The van der Waals surface area contributed by atoms with Gasteiger partial charge in [-0.25, -0.2) is 9.18 Å². The van der Waals surface area contributed by atoms with E-state index in [0.29, 0.717) is 53.6 Å². The maximum Gasteiger partial charge on any atom is 0.336 e. The minimum Gasteiger partial charge on any atom is -0.463 e. The van der Waals surface area contributed by atoms with E-state index < -0.39 is 17.7 Å². The molecule has 0 bridgehead atoms. The quantitative estimate of drug-likeness (QED) is 0.326. The van der Waals surface area contributed by atoms with Gasteiger partial charge in [0.25, 0.3) is 5.91 Å². The van der Waals surface area contributed by atoms with Crippen molar-refractivity contribution in [3.05, 3.63) is 112 Å². The van der Waals surface area contributed by atoms with E-state index in [0.717, 1.165) is 11.3 Å². The Morgan fingerprint density at radius 2 is 1.69 bits per heavy atom. The number of anilines is 1. The maximum atomic E-state index is 13.6. The summed E-state index contributed by atoms with van der Waals surface area (Å²) in [4.78, 5) is 45.5. The van der Waals surface area contributed by atoms with Crippen LogP contribution in [0.15, 0.2) is 84.1 Å². The average Bonchev–Trinajstić information content (AvgIpc) is 2.99. The van der Waals surface area contributed by atoms with Gasteiger partial charge in [0.1, 0.15) is 5.82 Å². The highest BCUT2D eigenvalue weighted by Gasteiger charge is 2.37. The van der Waals surface area contributed by atoms with Crippen LogP contribution in [-0.2, 0) is 20.9 Å². The van der Waals surface area contributed by atoms with E-state index in [9.17, 15) is 18.8 Å². The molecule has 2 heterocycles. The van der Waals surface area contributed by atoms with Gasteiger partial charge in [-0.2, -0.15) is 0 Å². The predicted octanol–water partition coefficient (Wildman–Crippen LogP) is 5.79. The second-order valence-electron chi connectivity index (χ2n) is 10.5. The van der Waals surface area contributed by atoms with Crippen molar-refractivity contribution in [2.45, 2.75) is 32.7 Å². The summed E-state index contributed by atoms with van der Waals surface area (Å²) in [5, 5.41) is 0.681. The van der Waals surface area contributed by atoms with Crippen molar-refractivity contribution in [3.8, 4) is 0 Å². The Hall–Kier alpha value is -4.17. The molecule has 3 aromatic rings. The molecule has 2 amide bonds. The normalized spacial score (nSPS) is 17.5. The maximum absolute atomic E-state index is 13.6. The lowest BCUT2D eigenvalue weighted by atomic mass is 9.83. The van der Waals surface area contributed by atoms with Gasteiger partial charge >= 0.3 is 5.97 Å². The third-order valence-corrected chi connectivity index (χ3v) is 8.08. The third kappa shape index (κ3) is 6.34. The van der Waals surface area contributed by atoms with Gasteiger partial charge in [0.15, 0.2) is 0 Å². The van der Waals surface area contributed by atoms with Crippen LogP contribution in [0.5, 0.6) is 0 Å². The number of esters is 1. The average molecular weight is 590 g/mol. The number of carbonyl (C=O) groups excluding carboxylic acids is 3. The fourth-order valence-electron chi connectivity index (χ4n) is 5.67. The number of amides is 2. The SMILES string of the molecule is CCOC(=O)C1=C(C)N(Cc2cccc(C(=O)N3CCN(c4cccc(Cl)c4)CC3)c2)C(=O)CC1c1ccc(F)cc1. The Bertz CT molecular complexity index is 1520. The van der Waals surface area contributed by atoms with Crippen LogP contribution in [0, 0.1) is 5.82 Å². The summed E-state index contributed by atoms with van der Waals surface area (Å²) in [6.07, 6.45) is 0.0483. The summed E-state index contributed by atoms with van der Waals surface area (Å²) in [7, 11) is 0. The molecule has 0 radical (unpaired) electrons. The standard InChI is InChI=1S/C33H33ClFN3O4/c1-3-42-33(41)31-22(2)38(30(39)20-29(31)24-10-12-27(35)13-11-24)21-23-6-4-7-25(18-23)32(40)37-16-14-36(15-17-37)28-9-5-8-26(34)19-28/h4-13,18-19,29H,3,14-17,20-21H2,1-2H3. The van der Waals surface area contributed by atoms with E-state index in [-0.39, 0.29) is 31.4 Å². The molecular weight excluding hydrogens is 557 g/mol. The molecule has 218 valence electrons. The fourth-order valence-corrected chi connectivity index (χ4v) is 5.85. The lowest BCUT2D eigenvalue weighted by molar-refractivity contribution is -0.140. The number of nitrogens with zero attached hydrogens (tertiary/aromatic N) is 3. The molecule has 5 rings (SSSR count). The highest BCUT2D eigenvalue weighted by atomic mass is 35.5. The summed E-state index contributed by atoms with van der Waals surface area (Å²) in [5.41, 5.74) is 3.91. The molecular formula is C33H33ClFN3O4. The second kappa shape index (κ2) is 12.8. The van der Waals surface area contributed by atoms with Crippen molar-refractivity contribution in [3.63, 3.8) is 0 Å². The van der Waals surface area contributed by atoms with Crippen molar-refractivity contribution in [1.29, 1.82) is 0 Å². The van der Waals surface area contributed by atoms with E-state index in [2.05, 4.69) is 4.90 Å². The number of ether oxygens (including phenoxy) is 1. The van der Waals surface area contributed by atoms with Crippen molar-refractivity contribution in [2.75, 3.05) is 37.7 Å². The minimum atomic E-state index is -0.535. The summed E-state index contributed by atoms with van der Waals surface area (Å²) in [6, 6.07) is 20.8.